The first kappa shape index (κ1) is 28.5. The third kappa shape index (κ3) is 4.03. The van der Waals surface area contributed by atoms with Crippen molar-refractivity contribution in [1.29, 1.82) is 0 Å². The molecular weight excluding hydrogens is 611 g/mol. The molecule has 0 atom stereocenters. The summed E-state index contributed by atoms with van der Waals surface area (Å²) < 4.78 is 16.1. The van der Waals surface area contributed by atoms with Crippen molar-refractivity contribution in [3.05, 3.63) is 175 Å². The Morgan fingerprint density at radius 1 is 0.367 bits per heavy atom. The average Bonchev–Trinajstić information content (AvgIpc) is 3.38. The van der Waals surface area contributed by atoms with Gasteiger partial charge in [0.2, 0.25) is 0 Å². The van der Waals surface area contributed by atoms with E-state index in [1.165, 1.54) is 49.2 Å². The molecule has 232 valence electrons. The molecule has 0 fully saturated rings. The number of benzene rings is 9. The van der Waals surface area contributed by atoms with Crippen molar-refractivity contribution in [2.45, 2.75) is 19.3 Å². The van der Waals surface area contributed by atoms with Gasteiger partial charge in [-0.05, 0) is 106 Å². The number of fused-ring (bicyclic) bond motifs is 11. The van der Waals surface area contributed by atoms with E-state index in [9.17, 15) is 0 Å². The van der Waals surface area contributed by atoms with Crippen molar-refractivity contribution in [3.8, 4) is 11.1 Å². The molecule has 1 aliphatic carbocycles. The van der Waals surface area contributed by atoms with Gasteiger partial charge in [-0.1, -0.05) is 147 Å². The van der Waals surface area contributed by atoms with Crippen molar-refractivity contribution in [1.82, 2.24) is 0 Å². The van der Waals surface area contributed by atoms with Gasteiger partial charge in [-0.15, -0.1) is 0 Å². The zero-order chi connectivity index (χ0) is 32.9. The molecule has 10 rings (SSSR count). The van der Waals surface area contributed by atoms with Crippen LogP contribution in [-0.2, 0) is 9.98 Å². The fourth-order valence-corrected chi connectivity index (χ4v) is 11.2. The van der Waals surface area contributed by atoms with E-state index in [0.717, 1.165) is 42.8 Å². The van der Waals surface area contributed by atoms with Gasteiger partial charge in [-0.2, -0.15) is 0 Å². The minimum atomic E-state index is -3.30. The molecule has 49 heavy (non-hydrogen) atoms. The zero-order valence-electron chi connectivity index (χ0n) is 27.4. The molecule has 0 heterocycles. The molecule has 9 aromatic rings. The van der Waals surface area contributed by atoms with E-state index in [1.54, 1.807) is 0 Å². The Balaban J connectivity index is 1.28. The summed E-state index contributed by atoms with van der Waals surface area (Å²) in [6.45, 7) is 4.68. The highest BCUT2D eigenvalue weighted by molar-refractivity contribution is 7.85. The molecule has 1 aliphatic rings. The van der Waals surface area contributed by atoms with Gasteiger partial charge < -0.3 is 4.57 Å². The highest BCUT2D eigenvalue weighted by atomic mass is 31.2. The molecule has 0 radical (unpaired) electrons. The molecule has 0 saturated carbocycles. The minimum absolute atomic E-state index is 0.0973. The van der Waals surface area contributed by atoms with Crippen molar-refractivity contribution in [2.24, 2.45) is 0 Å². The molecule has 0 N–H and O–H groups in total. The van der Waals surface area contributed by atoms with Crippen LogP contribution >= 0.6 is 7.14 Å². The fourth-order valence-electron chi connectivity index (χ4n) is 8.52. The van der Waals surface area contributed by atoms with E-state index in [1.807, 2.05) is 0 Å². The number of rotatable bonds is 3. The molecule has 0 unspecified atom stereocenters. The van der Waals surface area contributed by atoms with Gasteiger partial charge in [0, 0.05) is 21.3 Å². The molecule has 0 saturated heterocycles. The quantitative estimate of drug-likeness (QED) is 0.138. The predicted molar refractivity (Wildman–Crippen MR) is 211 cm³/mol. The van der Waals surface area contributed by atoms with Crippen molar-refractivity contribution in [3.63, 3.8) is 0 Å². The predicted octanol–water partition coefficient (Wildman–Crippen LogP) is 11.4. The van der Waals surface area contributed by atoms with E-state index >= 15 is 4.57 Å². The SMILES string of the molecule is CC1(C)c2ccccc2-c2cc3c4ccccc4c4cc(P(=O)(c5ccc6ccccc6c5)c5ccc6ccccc6c5)ccc4c3cc21. The van der Waals surface area contributed by atoms with E-state index < -0.39 is 7.14 Å². The first-order chi connectivity index (χ1) is 23.9. The topological polar surface area (TPSA) is 17.1 Å². The lowest BCUT2D eigenvalue weighted by atomic mass is 9.81. The average molecular weight is 645 g/mol. The molecule has 1 nitrogen and oxygen atoms in total. The van der Waals surface area contributed by atoms with Crippen molar-refractivity contribution < 1.29 is 4.57 Å². The van der Waals surface area contributed by atoms with Gasteiger partial charge in [0.25, 0.3) is 0 Å². The number of hydrogen-bond acceptors (Lipinski definition) is 1. The second-order valence-electron chi connectivity index (χ2n) is 14.1. The lowest BCUT2D eigenvalue weighted by Crippen LogP contribution is -2.25. The van der Waals surface area contributed by atoms with Crippen molar-refractivity contribution in [2.75, 3.05) is 0 Å². The Morgan fingerprint density at radius 2 is 0.837 bits per heavy atom. The summed E-state index contributed by atoms with van der Waals surface area (Å²) in [6.07, 6.45) is 0. The molecule has 0 aromatic heterocycles. The molecular formula is C47H33OP. The Bertz CT molecular complexity index is 2810. The summed E-state index contributed by atoms with van der Waals surface area (Å²) in [7, 11) is -3.30. The van der Waals surface area contributed by atoms with Crippen LogP contribution in [0.2, 0.25) is 0 Å². The Labute approximate surface area is 285 Å². The van der Waals surface area contributed by atoms with Crippen LogP contribution in [0.25, 0.3) is 65.0 Å². The third-order valence-corrected chi connectivity index (χ3v) is 14.1. The first-order valence-corrected chi connectivity index (χ1v) is 18.7. The molecule has 2 heteroatoms. The molecule has 0 amide bonds. The van der Waals surface area contributed by atoms with Crippen LogP contribution in [0, 0.1) is 0 Å². The normalized spacial score (nSPS) is 13.8. The summed E-state index contributed by atoms with van der Waals surface area (Å²) in [6, 6.07) is 58.3. The van der Waals surface area contributed by atoms with Crippen LogP contribution in [0.1, 0.15) is 25.0 Å². The molecule has 9 aromatic carbocycles. The summed E-state index contributed by atoms with van der Waals surface area (Å²) in [4.78, 5) is 0. The van der Waals surface area contributed by atoms with E-state index in [-0.39, 0.29) is 5.41 Å². The molecule has 0 spiro atoms. The minimum Gasteiger partial charge on any atom is -0.309 e. The largest absolute Gasteiger partial charge is 0.309 e. The maximum atomic E-state index is 16.1. The zero-order valence-corrected chi connectivity index (χ0v) is 28.3. The van der Waals surface area contributed by atoms with Gasteiger partial charge in [0.1, 0.15) is 0 Å². The Hall–Kier alpha value is -5.49. The molecule has 0 bridgehead atoms. The van der Waals surface area contributed by atoms with Gasteiger partial charge in [-0.3, -0.25) is 0 Å². The Kier molecular flexibility index (Phi) is 5.97. The van der Waals surface area contributed by atoms with Crippen LogP contribution < -0.4 is 15.9 Å². The summed E-state index contributed by atoms with van der Waals surface area (Å²) in [5, 5.41) is 14.3. The van der Waals surface area contributed by atoms with Gasteiger partial charge in [0.05, 0.1) is 0 Å². The summed E-state index contributed by atoms with van der Waals surface area (Å²) in [5.41, 5.74) is 5.30. The highest BCUT2D eigenvalue weighted by Gasteiger charge is 2.36. The highest BCUT2D eigenvalue weighted by Crippen LogP contribution is 2.52. The van der Waals surface area contributed by atoms with Gasteiger partial charge in [-0.25, -0.2) is 0 Å². The monoisotopic (exact) mass is 644 g/mol. The van der Waals surface area contributed by atoms with E-state index in [4.69, 9.17) is 0 Å². The van der Waals surface area contributed by atoms with Crippen LogP contribution in [-0.4, -0.2) is 0 Å². The Morgan fingerprint density at radius 3 is 1.49 bits per heavy atom. The standard InChI is InChI=1S/C47H33OP/c1-47(2)45-18-10-9-17-40(45)44-28-42-38-16-8-7-15-37(38)41-27-36(23-24-39(41)43(42)29-46(44)47)49(48,34-21-19-30-11-3-5-13-32(30)25-34)35-22-20-31-12-4-6-14-33(31)26-35/h3-29H,1-2H3. The summed E-state index contributed by atoms with van der Waals surface area (Å²) in [5.74, 6) is 0. The van der Waals surface area contributed by atoms with Crippen LogP contribution in [0.5, 0.6) is 0 Å². The maximum Gasteiger partial charge on any atom is 0.171 e. The second-order valence-corrected chi connectivity index (χ2v) is 16.8. The van der Waals surface area contributed by atoms with Crippen LogP contribution in [0.15, 0.2) is 164 Å². The maximum absolute atomic E-state index is 16.1. The molecule has 0 aliphatic heterocycles. The van der Waals surface area contributed by atoms with Gasteiger partial charge >= 0.3 is 0 Å². The first-order valence-electron chi connectivity index (χ1n) is 17.0. The van der Waals surface area contributed by atoms with E-state index in [2.05, 4.69) is 178 Å². The third-order valence-electron chi connectivity index (χ3n) is 11.1. The second kappa shape index (κ2) is 10.3. The van der Waals surface area contributed by atoms with Crippen molar-refractivity contribution >= 4 is 76.9 Å². The van der Waals surface area contributed by atoms with Crippen LogP contribution in [0.3, 0.4) is 0 Å². The smallest absolute Gasteiger partial charge is 0.171 e. The lowest BCUT2D eigenvalue weighted by molar-refractivity contribution is 0.592. The summed E-state index contributed by atoms with van der Waals surface area (Å²) >= 11 is 0. The van der Waals surface area contributed by atoms with Crippen LogP contribution in [0.4, 0.5) is 0 Å². The number of hydrogen-bond donors (Lipinski definition) is 0. The van der Waals surface area contributed by atoms with E-state index in [0.29, 0.717) is 0 Å². The van der Waals surface area contributed by atoms with Gasteiger partial charge in [0.15, 0.2) is 7.14 Å². The lowest BCUT2D eigenvalue weighted by Gasteiger charge is -2.23. The fraction of sp³-hybridized carbons (Fsp3) is 0.0638.